The third kappa shape index (κ3) is 2.53. The summed E-state index contributed by atoms with van der Waals surface area (Å²) in [6.07, 6.45) is 0. The maximum atomic E-state index is 6.06. The molecule has 0 saturated heterocycles. The number of imidazole rings is 1. The van der Waals surface area contributed by atoms with Gasteiger partial charge in [-0.15, -0.1) is 0 Å². The van der Waals surface area contributed by atoms with Gasteiger partial charge in [0.25, 0.3) is 0 Å². The Morgan fingerprint density at radius 2 is 1.75 bits per heavy atom. The third-order valence-electron chi connectivity index (χ3n) is 3.89. The molecule has 20 heavy (non-hydrogen) atoms. The molecule has 1 heterocycles. The molecule has 0 saturated carbocycles. The Morgan fingerprint density at radius 1 is 1.15 bits per heavy atom. The van der Waals surface area contributed by atoms with E-state index in [4.69, 9.17) is 15.2 Å². The number of nitrogens with two attached hydrogens (primary N) is 1. The summed E-state index contributed by atoms with van der Waals surface area (Å²) >= 11 is 0. The fraction of sp³-hybridized carbons (Fsp3) is 0.533. The van der Waals surface area contributed by atoms with E-state index in [9.17, 15) is 0 Å². The van der Waals surface area contributed by atoms with Crippen LogP contribution in [0.25, 0.3) is 11.0 Å². The zero-order chi connectivity index (χ0) is 14.9. The van der Waals surface area contributed by atoms with Gasteiger partial charge in [-0.3, -0.25) is 0 Å². The lowest BCUT2D eigenvalue weighted by molar-refractivity contribution is 0.355. The number of aromatic nitrogens is 2. The molecule has 2 rings (SSSR count). The number of rotatable bonds is 5. The molecule has 5 heteroatoms. The van der Waals surface area contributed by atoms with Crippen molar-refractivity contribution in [2.45, 2.75) is 27.3 Å². The number of hydrogen-bond acceptors (Lipinski definition) is 4. The van der Waals surface area contributed by atoms with Crippen molar-refractivity contribution in [1.82, 2.24) is 9.55 Å². The van der Waals surface area contributed by atoms with Crippen molar-refractivity contribution in [2.24, 2.45) is 11.8 Å². The zero-order valence-electron chi connectivity index (χ0n) is 12.8. The molecule has 110 valence electrons. The van der Waals surface area contributed by atoms with Crippen molar-refractivity contribution >= 4 is 17.0 Å². The van der Waals surface area contributed by atoms with Crippen LogP contribution in [-0.4, -0.2) is 23.8 Å². The van der Waals surface area contributed by atoms with Gasteiger partial charge in [0.2, 0.25) is 5.95 Å². The highest BCUT2D eigenvalue weighted by molar-refractivity contribution is 5.82. The second kappa shape index (κ2) is 5.61. The predicted molar refractivity (Wildman–Crippen MR) is 81.3 cm³/mol. The van der Waals surface area contributed by atoms with Gasteiger partial charge in [0.15, 0.2) is 11.5 Å². The van der Waals surface area contributed by atoms with E-state index >= 15 is 0 Å². The van der Waals surface area contributed by atoms with Crippen LogP contribution in [0.1, 0.15) is 20.8 Å². The van der Waals surface area contributed by atoms with E-state index in [-0.39, 0.29) is 0 Å². The molecule has 0 aliphatic rings. The zero-order valence-corrected chi connectivity index (χ0v) is 12.8. The van der Waals surface area contributed by atoms with Crippen LogP contribution in [0.5, 0.6) is 11.5 Å². The van der Waals surface area contributed by atoms with Crippen LogP contribution in [0.15, 0.2) is 12.1 Å². The lowest BCUT2D eigenvalue weighted by Gasteiger charge is -2.17. The molecule has 0 aliphatic carbocycles. The van der Waals surface area contributed by atoms with Gasteiger partial charge < -0.3 is 19.8 Å². The molecule has 1 aromatic carbocycles. The van der Waals surface area contributed by atoms with Crippen molar-refractivity contribution in [2.75, 3.05) is 20.0 Å². The van der Waals surface area contributed by atoms with Crippen molar-refractivity contribution in [3.05, 3.63) is 12.1 Å². The number of methoxy groups -OCH3 is 2. The van der Waals surface area contributed by atoms with E-state index in [1.54, 1.807) is 14.2 Å². The normalized spacial score (nSPS) is 12.9. The number of fused-ring (bicyclic) bond motifs is 1. The van der Waals surface area contributed by atoms with E-state index < -0.39 is 0 Å². The number of nitrogen functional groups attached to an aromatic ring is 1. The molecule has 2 aromatic rings. The minimum absolute atomic E-state index is 0.516. The molecular formula is C15H23N3O2. The first-order valence-electron chi connectivity index (χ1n) is 6.85. The minimum atomic E-state index is 0.516. The standard InChI is InChI=1S/C15H23N3O2/c1-9(2)10(3)8-18-12-7-14(20-5)13(19-4)6-11(12)17-15(18)16/h6-7,9-10H,8H2,1-5H3,(H2,16,17). The van der Waals surface area contributed by atoms with Gasteiger partial charge in [0.05, 0.1) is 25.3 Å². The topological polar surface area (TPSA) is 62.3 Å². The Hall–Kier alpha value is -1.91. The fourth-order valence-corrected chi connectivity index (χ4v) is 2.16. The van der Waals surface area contributed by atoms with E-state index in [2.05, 4.69) is 25.8 Å². The molecule has 0 bridgehead atoms. The molecular weight excluding hydrogens is 254 g/mol. The molecule has 1 unspecified atom stereocenters. The number of anilines is 1. The van der Waals surface area contributed by atoms with Crippen LogP contribution in [0.2, 0.25) is 0 Å². The smallest absolute Gasteiger partial charge is 0.201 e. The molecule has 0 aliphatic heterocycles. The summed E-state index contributed by atoms with van der Waals surface area (Å²) in [6, 6.07) is 3.80. The first-order valence-corrected chi connectivity index (χ1v) is 6.85. The monoisotopic (exact) mass is 277 g/mol. The van der Waals surface area contributed by atoms with E-state index in [1.807, 2.05) is 16.7 Å². The average molecular weight is 277 g/mol. The molecule has 0 amide bonds. The maximum absolute atomic E-state index is 6.06. The van der Waals surface area contributed by atoms with E-state index in [0.29, 0.717) is 29.3 Å². The van der Waals surface area contributed by atoms with Gasteiger partial charge in [-0.25, -0.2) is 4.98 Å². The van der Waals surface area contributed by atoms with Crippen LogP contribution in [-0.2, 0) is 6.54 Å². The Kier molecular flexibility index (Phi) is 4.06. The predicted octanol–water partition coefficient (Wildman–Crippen LogP) is 2.93. The summed E-state index contributed by atoms with van der Waals surface area (Å²) in [5.74, 6) is 3.00. The molecule has 1 aromatic heterocycles. The summed E-state index contributed by atoms with van der Waals surface area (Å²) in [5, 5.41) is 0. The van der Waals surface area contributed by atoms with Gasteiger partial charge >= 0.3 is 0 Å². The molecule has 0 fully saturated rings. The second-order valence-electron chi connectivity index (χ2n) is 5.50. The summed E-state index contributed by atoms with van der Waals surface area (Å²) < 4.78 is 12.7. The lowest BCUT2D eigenvalue weighted by atomic mass is 9.98. The van der Waals surface area contributed by atoms with Gasteiger partial charge in [-0.1, -0.05) is 20.8 Å². The van der Waals surface area contributed by atoms with Crippen LogP contribution in [0.4, 0.5) is 5.95 Å². The van der Waals surface area contributed by atoms with Crippen LogP contribution in [0, 0.1) is 11.8 Å². The first kappa shape index (κ1) is 14.5. The van der Waals surface area contributed by atoms with Crippen LogP contribution < -0.4 is 15.2 Å². The van der Waals surface area contributed by atoms with Gasteiger partial charge in [0.1, 0.15) is 0 Å². The van der Waals surface area contributed by atoms with Crippen LogP contribution >= 0.6 is 0 Å². The van der Waals surface area contributed by atoms with Crippen molar-refractivity contribution in [3.8, 4) is 11.5 Å². The molecule has 0 radical (unpaired) electrons. The van der Waals surface area contributed by atoms with Gasteiger partial charge in [0, 0.05) is 18.7 Å². The number of benzene rings is 1. The summed E-state index contributed by atoms with van der Waals surface area (Å²) in [5.41, 5.74) is 7.86. The van der Waals surface area contributed by atoms with Crippen LogP contribution in [0.3, 0.4) is 0 Å². The van der Waals surface area contributed by atoms with Crippen molar-refractivity contribution in [1.29, 1.82) is 0 Å². The van der Waals surface area contributed by atoms with E-state index in [0.717, 1.165) is 17.6 Å². The molecule has 5 nitrogen and oxygen atoms in total. The SMILES string of the molecule is COc1cc2nc(N)n(CC(C)C(C)C)c2cc1OC. The molecule has 2 N–H and O–H groups in total. The second-order valence-corrected chi connectivity index (χ2v) is 5.50. The largest absolute Gasteiger partial charge is 0.493 e. The Labute approximate surface area is 119 Å². The van der Waals surface area contributed by atoms with Crippen molar-refractivity contribution in [3.63, 3.8) is 0 Å². The number of nitrogens with zero attached hydrogens (tertiary/aromatic N) is 2. The fourth-order valence-electron chi connectivity index (χ4n) is 2.16. The molecule has 1 atom stereocenters. The van der Waals surface area contributed by atoms with E-state index in [1.165, 1.54) is 0 Å². The maximum Gasteiger partial charge on any atom is 0.201 e. The third-order valence-corrected chi connectivity index (χ3v) is 3.89. The van der Waals surface area contributed by atoms with Gasteiger partial charge in [-0.2, -0.15) is 0 Å². The highest BCUT2D eigenvalue weighted by Crippen LogP contribution is 2.33. The quantitative estimate of drug-likeness (QED) is 0.912. The Morgan fingerprint density at radius 3 is 2.30 bits per heavy atom. The number of hydrogen-bond donors (Lipinski definition) is 1. The first-order chi connectivity index (χ1) is 9.47. The van der Waals surface area contributed by atoms with Crippen molar-refractivity contribution < 1.29 is 9.47 Å². The number of ether oxygens (including phenoxy) is 2. The van der Waals surface area contributed by atoms with Gasteiger partial charge in [-0.05, 0) is 11.8 Å². The Balaban J connectivity index is 2.52. The summed E-state index contributed by atoms with van der Waals surface area (Å²) in [7, 11) is 3.25. The Bertz CT molecular complexity index is 605. The lowest BCUT2D eigenvalue weighted by Crippen LogP contribution is -2.14. The average Bonchev–Trinajstić information content (AvgIpc) is 2.72. The summed E-state index contributed by atoms with van der Waals surface area (Å²) in [4.78, 5) is 4.41. The molecule has 0 spiro atoms. The summed E-state index contributed by atoms with van der Waals surface area (Å²) in [6.45, 7) is 7.49. The highest BCUT2D eigenvalue weighted by atomic mass is 16.5. The minimum Gasteiger partial charge on any atom is -0.493 e. The highest BCUT2D eigenvalue weighted by Gasteiger charge is 2.16.